The molecule has 29 heavy (non-hydrogen) atoms. The molecule has 0 fully saturated rings. The van der Waals surface area contributed by atoms with Crippen molar-refractivity contribution in [1.82, 2.24) is 9.77 Å². The van der Waals surface area contributed by atoms with E-state index >= 15 is 0 Å². The molecule has 0 radical (unpaired) electrons. The first-order valence-corrected chi connectivity index (χ1v) is 12.3. The molecular weight excluding hydrogens is 391 g/mol. The average Bonchev–Trinajstić information content (AvgIpc) is 3.05. The number of hydrogen-bond donors (Lipinski definition) is 1. The van der Waals surface area contributed by atoms with Gasteiger partial charge in [0.15, 0.2) is 0 Å². The number of ether oxygens (including phenoxy) is 2. The Bertz CT molecular complexity index is 537. The van der Waals surface area contributed by atoms with E-state index in [2.05, 4.69) is 35.6 Å². The minimum Gasteiger partial charge on any atom is -0.808 e. The van der Waals surface area contributed by atoms with E-state index in [4.69, 9.17) is 19.1 Å². The van der Waals surface area contributed by atoms with Gasteiger partial charge in [0.1, 0.15) is 6.54 Å². The molecule has 0 amide bonds. The third-order valence-corrected chi connectivity index (χ3v) is 5.13. The second-order valence-electron chi connectivity index (χ2n) is 6.98. The van der Waals surface area contributed by atoms with Crippen LogP contribution in [-0.4, -0.2) is 43.7 Å². The summed E-state index contributed by atoms with van der Waals surface area (Å²) in [4.78, 5) is 10.5. The Morgan fingerprint density at radius 1 is 1.07 bits per heavy atom. The summed E-state index contributed by atoms with van der Waals surface area (Å²) >= 11 is 0. The van der Waals surface area contributed by atoms with Gasteiger partial charge in [-0.1, -0.05) is 48.4 Å². The van der Waals surface area contributed by atoms with Crippen LogP contribution in [0.3, 0.4) is 0 Å². The lowest BCUT2D eigenvalue weighted by Crippen LogP contribution is -2.41. The molecule has 1 rings (SSSR count). The number of aromatic nitrogens is 3. The highest BCUT2D eigenvalue weighted by molar-refractivity contribution is 7.43. The molecule has 0 aromatic carbocycles. The smallest absolute Gasteiger partial charge is 0.302 e. The van der Waals surface area contributed by atoms with Gasteiger partial charge in [-0.2, -0.15) is 0 Å². The predicted octanol–water partition coefficient (Wildman–Crippen LogP) is 3.10. The van der Waals surface area contributed by atoms with Crippen LogP contribution in [0.2, 0.25) is 0 Å². The molecule has 0 saturated carbocycles. The Morgan fingerprint density at radius 3 is 2.03 bits per heavy atom. The molecule has 0 saturated heterocycles. The Balaban J connectivity index is 0.000000665. The maximum Gasteiger partial charge on any atom is 0.302 e. The molecule has 1 aromatic rings. The van der Waals surface area contributed by atoms with Crippen molar-refractivity contribution in [3.63, 3.8) is 0 Å². The van der Waals surface area contributed by atoms with Crippen molar-refractivity contribution in [1.29, 1.82) is 0 Å². The van der Waals surface area contributed by atoms with E-state index in [9.17, 15) is 4.89 Å². The lowest BCUT2D eigenvalue weighted by molar-refractivity contribution is -0.759. The van der Waals surface area contributed by atoms with Gasteiger partial charge >= 0.3 is 5.82 Å². The molecule has 9 heteroatoms. The van der Waals surface area contributed by atoms with Crippen molar-refractivity contribution in [2.24, 2.45) is 0 Å². The second-order valence-corrected chi connectivity index (χ2v) is 8.04. The minimum atomic E-state index is -1.70. The van der Waals surface area contributed by atoms with E-state index in [0.717, 1.165) is 19.4 Å². The second kappa shape index (κ2) is 16.0. The van der Waals surface area contributed by atoms with E-state index in [0.29, 0.717) is 0 Å². The fourth-order valence-electron chi connectivity index (χ4n) is 2.72. The number of unbranched alkanes of at least 4 members (excludes halogenated alkanes) is 3. The molecule has 1 atom stereocenters. The van der Waals surface area contributed by atoms with Gasteiger partial charge < -0.3 is 18.9 Å². The van der Waals surface area contributed by atoms with Gasteiger partial charge in [0.05, 0.1) is 6.42 Å². The first-order chi connectivity index (χ1) is 13.8. The van der Waals surface area contributed by atoms with Gasteiger partial charge in [-0.3, -0.25) is 5.43 Å². The molecule has 1 heterocycles. The fraction of sp³-hybridized carbons (Fsp3) is 0.900. The number of aryl methyl sites for hydroxylation is 2. The molecule has 0 aliphatic heterocycles. The average molecular weight is 435 g/mol. The van der Waals surface area contributed by atoms with Crippen molar-refractivity contribution in [2.45, 2.75) is 91.6 Å². The van der Waals surface area contributed by atoms with Crippen LogP contribution in [0.5, 0.6) is 0 Å². The van der Waals surface area contributed by atoms with E-state index in [1.807, 2.05) is 7.05 Å². The molecule has 172 valence electrons. The lowest BCUT2D eigenvalue weighted by atomic mass is 10.2. The summed E-state index contributed by atoms with van der Waals surface area (Å²) in [6.07, 6.45) is 9.49. The van der Waals surface area contributed by atoms with Gasteiger partial charge in [0.25, 0.3) is 11.8 Å². The largest absolute Gasteiger partial charge is 0.808 e. The maximum atomic E-state index is 10.5. The first kappa shape index (κ1) is 28.2. The molecule has 1 aromatic heterocycles. The normalized spacial score (nSPS) is 12.4. The quantitative estimate of drug-likeness (QED) is 0.275. The zero-order valence-corrected chi connectivity index (χ0v) is 20.7. The summed E-state index contributed by atoms with van der Waals surface area (Å²) in [5, 5.41) is 4.83. The monoisotopic (exact) mass is 434 g/mol. The summed E-state index contributed by atoms with van der Waals surface area (Å²) in [7, 11) is 3.13. The summed E-state index contributed by atoms with van der Waals surface area (Å²) < 4.78 is 18.8. The van der Waals surface area contributed by atoms with Crippen LogP contribution in [0.25, 0.3) is 0 Å². The number of methoxy groups -OCH3 is 2. The molecular formula is C20H43N4O4P. The maximum absolute atomic E-state index is 10.5. The van der Waals surface area contributed by atoms with Crippen LogP contribution in [-0.2, 0) is 33.4 Å². The lowest BCUT2D eigenvalue weighted by Gasteiger charge is -2.31. The van der Waals surface area contributed by atoms with Crippen molar-refractivity contribution >= 4 is 8.38 Å². The molecule has 1 N–H and O–H groups in total. The topological polar surface area (TPSA) is 84.5 Å². The number of nitrogens with one attached hydrogen (secondary N) is 1. The number of hydrogen-bond acceptors (Lipinski definition) is 6. The zero-order valence-electron chi connectivity index (χ0n) is 19.8. The van der Waals surface area contributed by atoms with Gasteiger partial charge in [-0.05, 0) is 31.0 Å². The van der Waals surface area contributed by atoms with Gasteiger partial charge in [-0.25, -0.2) is 0 Å². The van der Waals surface area contributed by atoms with Crippen LogP contribution < -0.4 is 15.0 Å². The Morgan fingerprint density at radius 2 is 1.62 bits per heavy atom. The third kappa shape index (κ3) is 10.7. The van der Waals surface area contributed by atoms with E-state index < -0.39 is 14.3 Å². The molecule has 0 aliphatic rings. The standard InChI is InChI=1S/C15H31N4.C5H12O4P/c1-5-8-11-14-17-18(13-10-7-3)15(12-9-6-2)19(14)16-4;1-5(7-2,8-3)9-10(4)6/h16H,5-13H2,1-4H3;1-4H3/q+1;-1. The zero-order chi connectivity index (χ0) is 22.3. The SMILES string of the molecule is CCCCc1n[n+](CCCC)c(CCCC)n1NC.COC(C)(OC)OP(C)[O-]. The van der Waals surface area contributed by atoms with Crippen LogP contribution in [0.15, 0.2) is 0 Å². The van der Waals surface area contributed by atoms with E-state index in [1.165, 1.54) is 71.1 Å². The van der Waals surface area contributed by atoms with Crippen molar-refractivity contribution in [3.05, 3.63) is 11.6 Å². The minimum absolute atomic E-state index is 1.04. The summed E-state index contributed by atoms with van der Waals surface area (Å²) in [5.41, 5.74) is 3.31. The summed E-state index contributed by atoms with van der Waals surface area (Å²) in [6, 6.07) is 0. The number of nitrogens with zero attached hydrogens (tertiary/aromatic N) is 3. The molecule has 8 nitrogen and oxygen atoms in total. The van der Waals surface area contributed by atoms with Crippen molar-refractivity contribution in [3.8, 4) is 0 Å². The molecule has 0 spiro atoms. The molecule has 0 aliphatic carbocycles. The Labute approximate surface area is 178 Å². The highest BCUT2D eigenvalue weighted by atomic mass is 31.2. The molecule has 1 unspecified atom stereocenters. The Hall–Kier alpha value is -0.790. The van der Waals surface area contributed by atoms with Crippen molar-refractivity contribution < 1.29 is 23.6 Å². The van der Waals surface area contributed by atoms with Crippen LogP contribution in [0.4, 0.5) is 0 Å². The summed E-state index contributed by atoms with van der Waals surface area (Å²) in [6.45, 7) is 10.7. The highest BCUT2D eigenvalue weighted by Gasteiger charge is 2.24. The van der Waals surface area contributed by atoms with Gasteiger partial charge in [0.2, 0.25) is 0 Å². The fourth-order valence-corrected chi connectivity index (χ4v) is 3.33. The van der Waals surface area contributed by atoms with Crippen LogP contribution in [0, 0.1) is 0 Å². The van der Waals surface area contributed by atoms with Crippen LogP contribution >= 0.6 is 8.38 Å². The van der Waals surface area contributed by atoms with Gasteiger partial charge in [-0.15, -0.1) is 9.36 Å². The van der Waals surface area contributed by atoms with E-state index in [-0.39, 0.29) is 0 Å². The van der Waals surface area contributed by atoms with E-state index in [1.54, 1.807) is 6.92 Å². The number of rotatable bonds is 14. The molecule has 0 bridgehead atoms. The van der Waals surface area contributed by atoms with Gasteiger partial charge in [0, 0.05) is 34.6 Å². The summed E-state index contributed by atoms with van der Waals surface area (Å²) in [5.74, 6) is 1.35. The Kier molecular flexibility index (Phi) is 15.5. The predicted molar refractivity (Wildman–Crippen MR) is 116 cm³/mol. The van der Waals surface area contributed by atoms with Crippen LogP contribution in [0.1, 0.15) is 77.9 Å². The third-order valence-electron chi connectivity index (χ3n) is 4.54. The van der Waals surface area contributed by atoms with Crippen molar-refractivity contribution in [2.75, 3.05) is 33.4 Å². The first-order valence-electron chi connectivity index (χ1n) is 10.7. The highest BCUT2D eigenvalue weighted by Crippen LogP contribution is 2.29.